The van der Waals surface area contributed by atoms with E-state index in [1.165, 1.54) is 12.0 Å². The smallest absolute Gasteiger partial charge is 0.244 e. The first-order valence-electron chi connectivity index (χ1n) is 13.0. The number of halogens is 1. The maximum atomic E-state index is 14.1. The minimum Gasteiger partial charge on any atom is -0.495 e. The van der Waals surface area contributed by atoms with Crippen molar-refractivity contribution in [2.24, 2.45) is 5.92 Å². The molecular formula is C30H36ClN3O5S. The van der Waals surface area contributed by atoms with Gasteiger partial charge in [0.1, 0.15) is 18.3 Å². The monoisotopic (exact) mass is 585 g/mol. The molecule has 0 fully saturated rings. The van der Waals surface area contributed by atoms with Crippen molar-refractivity contribution in [3.63, 3.8) is 0 Å². The van der Waals surface area contributed by atoms with Crippen molar-refractivity contribution >= 4 is 39.1 Å². The summed E-state index contributed by atoms with van der Waals surface area (Å²) in [6, 6.07) is 22.1. The number of hydrogen-bond acceptors (Lipinski definition) is 5. The lowest BCUT2D eigenvalue weighted by molar-refractivity contribution is -0.140. The molecule has 0 aromatic heterocycles. The Bertz CT molecular complexity index is 1380. The van der Waals surface area contributed by atoms with Gasteiger partial charge in [-0.25, -0.2) is 8.42 Å². The molecule has 3 rings (SSSR count). The summed E-state index contributed by atoms with van der Waals surface area (Å²) in [6.45, 7) is 3.96. The first kappa shape index (κ1) is 31.0. The average Bonchev–Trinajstić information content (AvgIpc) is 2.93. The molecule has 0 saturated heterocycles. The van der Waals surface area contributed by atoms with Crippen LogP contribution in [0.1, 0.15) is 25.0 Å². The highest BCUT2D eigenvalue weighted by Crippen LogP contribution is 2.30. The number of rotatable bonds is 13. The van der Waals surface area contributed by atoms with E-state index >= 15 is 0 Å². The maximum Gasteiger partial charge on any atom is 0.244 e. The van der Waals surface area contributed by atoms with Gasteiger partial charge in [-0.1, -0.05) is 80.0 Å². The average molecular weight is 586 g/mol. The molecular weight excluding hydrogens is 550 g/mol. The first-order valence-corrected chi connectivity index (χ1v) is 15.2. The molecule has 1 atom stereocenters. The van der Waals surface area contributed by atoms with E-state index in [0.29, 0.717) is 17.3 Å². The fourth-order valence-corrected chi connectivity index (χ4v) is 5.17. The highest BCUT2D eigenvalue weighted by Gasteiger charge is 2.33. The minimum absolute atomic E-state index is 0.0755. The molecule has 0 aliphatic rings. The highest BCUT2D eigenvalue weighted by atomic mass is 35.5. The molecule has 0 saturated carbocycles. The Labute approximate surface area is 241 Å². The van der Waals surface area contributed by atoms with Crippen molar-refractivity contribution in [2.45, 2.75) is 32.9 Å². The molecule has 214 valence electrons. The Hall–Kier alpha value is -3.56. The molecule has 0 heterocycles. The minimum atomic E-state index is -3.90. The van der Waals surface area contributed by atoms with Crippen LogP contribution in [0.15, 0.2) is 78.9 Å². The van der Waals surface area contributed by atoms with E-state index in [1.54, 1.807) is 48.5 Å². The second kappa shape index (κ2) is 14.2. The molecule has 1 N–H and O–H groups in total. The zero-order valence-corrected chi connectivity index (χ0v) is 24.8. The van der Waals surface area contributed by atoms with Crippen LogP contribution in [0.2, 0.25) is 5.02 Å². The predicted molar refractivity (Wildman–Crippen MR) is 159 cm³/mol. The maximum absolute atomic E-state index is 14.1. The zero-order chi connectivity index (χ0) is 29.3. The van der Waals surface area contributed by atoms with Crippen molar-refractivity contribution in [2.75, 3.05) is 30.8 Å². The van der Waals surface area contributed by atoms with Crippen LogP contribution in [0.5, 0.6) is 5.75 Å². The topological polar surface area (TPSA) is 96.0 Å². The van der Waals surface area contributed by atoms with E-state index in [1.807, 2.05) is 44.2 Å². The lowest BCUT2D eigenvalue weighted by atomic mass is 10.0. The van der Waals surface area contributed by atoms with Gasteiger partial charge >= 0.3 is 0 Å². The van der Waals surface area contributed by atoms with Gasteiger partial charge < -0.3 is 15.0 Å². The summed E-state index contributed by atoms with van der Waals surface area (Å²) >= 11 is 6.09. The van der Waals surface area contributed by atoms with Crippen LogP contribution in [-0.2, 0) is 32.6 Å². The number of methoxy groups -OCH3 is 1. The number of nitrogens with one attached hydrogen (secondary N) is 1. The summed E-state index contributed by atoms with van der Waals surface area (Å²) in [5.74, 6) is -0.344. The quantitative estimate of drug-likeness (QED) is 0.318. The number of benzene rings is 3. The molecule has 0 aliphatic heterocycles. The third-order valence-corrected chi connectivity index (χ3v) is 7.63. The largest absolute Gasteiger partial charge is 0.495 e. The molecule has 0 radical (unpaired) electrons. The van der Waals surface area contributed by atoms with Gasteiger partial charge in [0.15, 0.2) is 0 Å². The number of anilines is 1. The van der Waals surface area contributed by atoms with Gasteiger partial charge in [0, 0.05) is 24.5 Å². The van der Waals surface area contributed by atoms with Crippen LogP contribution < -0.4 is 14.4 Å². The molecule has 3 aromatic rings. The number of para-hydroxylation sites is 2. The van der Waals surface area contributed by atoms with Gasteiger partial charge in [-0.05, 0) is 41.3 Å². The summed E-state index contributed by atoms with van der Waals surface area (Å²) in [5, 5.41) is 3.50. The fourth-order valence-electron chi connectivity index (χ4n) is 4.19. The van der Waals surface area contributed by atoms with Gasteiger partial charge in [-0.2, -0.15) is 0 Å². The summed E-state index contributed by atoms with van der Waals surface area (Å²) in [5.41, 5.74) is 1.85. The van der Waals surface area contributed by atoms with Gasteiger partial charge in [0.05, 0.1) is 19.1 Å². The lowest BCUT2D eigenvalue weighted by Gasteiger charge is -2.34. The molecule has 0 bridgehead atoms. The van der Waals surface area contributed by atoms with E-state index in [2.05, 4.69) is 5.32 Å². The molecule has 0 aliphatic carbocycles. The predicted octanol–water partition coefficient (Wildman–Crippen LogP) is 4.53. The van der Waals surface area contributed by atoms with Crippen molar-refractivity contribution in [3.8, 4) is 5.75 Å². The van der Waals surface area contributed by atoms with Crippen molar-refractivity contribution in [3.05, 3.63) is 95.0 Å². The van der Waals surface area contributed by atoms with Crippen LogP contribution in [0.4, 0.5) is 5.69 Å². The second-order valence-corrected chi connectivity index (χ2v) is 12.3. The van der Waals surface area contributed by atoms with Gasteiger partial charge in [-0.15, -0.1) is 0 Å². The number of carbonyl (C=O) groups excluding carboxylic acids is 2. The number of sulfonamides is 1. The van der Waals surface area contributed by atoms with Crippen LogP contribution in [0, 0.1) is 5.92 Å². The van der Waals surface area contributed by atoms with Gasteiger partial charge in [-0.3, -0.25) is 13.9 Å². The molecule has 2 amide bonds. The van der Waals surface area contributed by atoms with Crippen LogP contribution in [-0.4, -0.2) is 57.6 Å². The van der Waals surface area contributed by atoms with Crippen molar-refractivity contribution in [1.29, 1.82) is 0 Å². The zero-order valence-electron chi connectivity index (χ0n) is 23.2. The molecule has 0 spiro atoms. The Balaban J connectivity index is 2.06. The molecule has 3 aromatic carbocycles. The number of nitrogens with zero attached hydrogens (tertiary/aromatic N) is 2. The number of carbonyl (C=O) groups is 2. The molecule has 10 heteroatoms. The molecule has 1 unspecified atom stereocenters. The standard InChI is InChI=1S/C30H36ClN3O5S/c1-22(2)19-32-30(36)27(18-23-10-6-5-7-11-23)33(20-24-14-16-25(31)17-15-24)29(35)21-34(40(4,37)38)26-12-8-9-13-28(26)39-3/h5-17,22,27H,18-21H2,1-4H3,(H,32,36). The fraction of sp³-hybridized carbons (Fsp3) is 0.333. The van der Waals surface area contributed by atoms with E-state index in [4.69, 9.17) is 16.3 Å². The van der Waals surface area contributed by atoms with E-state index in [-0.39, 0.29) is 30.5 Å². The Morgan fingerprint density at radius 3 is 2.15 bits per heavy atom. The number of ether oxygens (including phenoxy) is 1. The number of hydrogen-bond donors (Lipinski definition) is 1. The Morgan fingerprint density at radius 2 is 1.55 bits per heavy atom. The van der Waals surface area contributed by atoms with E-state index in [9.17, 15) is 18.0 Å². The first-order chi connectivity index (χ1) is 19.0. The molecule has 8 nitrogen and oxygen atoms in total. The third-order valence-electron chi connectivity index (χ3n) is 6.25. The van der Waals surface area contributed by atoms with Crippen LogP contribution in [0.25, 0.3) is 0 Å². The van der Waals surface area contributed by atoms with Gasteiger partial charge in [0.2, 0.25) is 21.8 Å². The summed E-state index contributed by atoms with van der Waals surface area (Å²) in [6.07, 6.45) is 1.28. The second-order valence-electron chi connectivity index (χ2n) is 9.93. The lowest BCUT2D eigenvalue weighted by Crippen LogP contribution is -2.53. The summed E-state index contributed by atoms with van der Waals surface area (Å²) in [7, 11) is -2.46. The Morgan fingerprint density at radius 1 is 0.925 bits per heavy atom. The third kappa shape index (κ3) is 8.72. The summed E-state index contributed by atoms with van der Waals surface area (Å²) in [4.78, 5) is 29.2. The van der Waals surface area contributed by atoms with Crippen molar-refractivity contribution in [1.82, 2.24) is 10.2 Å². The highest BCUT2D eigenvalue weighted by molar-refractivity contribution is 7.92. The van der Waals surface area contributed by atoms with Gasteiger partial charge in [0.25, 0.3) is 0 Å². The normalized spacial score (nSPS) is 12.1. The SMILES string of the molecule is COc1ccccc1N(CC(=O)N(Cc1ccc(Cl)cc1)C(Cc1ccccc1)C(=O)NCC(C)C)S(C)(=O)=O. The van der Waals surface area contributed by atoms with E-state index < -0.39 is 28.5 Å². The Kier molecular flexibility index (Phi) is 11.0. The van der Waals surface area contributed by atoms with E-state index in [0.717, 1.165) is 21.7 Å². The molecule has 40 heavy (non-hydrogen) atoms. The van der Waals surface area contributed by atoms with Crippen molar-refractivity contribution < 1.29 is 22.7 Å². The number of amides is 2. The van der Waals surface area contributed by atoms with Crippen LogP contribution in [0.3, 0.4) is 0 Å². The van der Waals surface area contributed by atoms with Crippen LogP contribution >= 0.6 is 11.6 Å². The summed E-state index contributed by atoms with van der Waals surface area (Å²) < 4.78 is 32.3.